The molecule has 0 N–H and O–H groups in total. The molecule has 2 heteroatoms. The fourth-order valence-corrected chi connectivity index (χ4v) is 1.55. The molecule has 0 fully saturated rings. The molecule has 2 nitrogen and oxygen atoms in total. The molecule has 92 valence electrons. The molecule has 0 aliphatic heterocycles. The van der Waals surface area contributed by atoms with Gasteiger partial charge in [-0.05, 0) is 13.3 Å². The van der Waals surface area contributed by atoms with Crippen molar-refractivity contribution in [1.29, 1.82) is 0 Å². The SMILES string of the molecule is CCCCCCCCCCOC(C)OC. The third-order valence-electron chi connectivity index (χ3n) is 2.68. The summed E-state index contributed by atoms with van der Waals surface area (Å²) in [5.41, 5.74) is 0. The predicted molar refractivity (Wildman–Crippen MR) is 65.0 cm³/mol. The van der Waals surface area contributed by atoms with E-state index in [1.54, 1.807) is 7.11 Å². The standard InChI is InChI=1S/C13H28O2/c1-4-5-6-7-8-9-10-11-12-15-13(2)14-3/h13H,4-12H2,1-3H3. The van der Waals surface area contributed by atoms with Gasteiger partial charge in [0.05, 0.1) is 0 Å². The minimum atomic E-state index is -0.0467. The van der Waals surface area contributed by atoms with Gasteiger partial charge in [0.1, 0.15) is 0 Å². The molecular weight excluding hydrogens is 188 g/mol. The summed E-state index contributed by atoms with van der Waals surface area (Å²) in [6, 6.07) is 0. The molecule has 0 aliphatic rings. The average Bonchev–Trinajstić information content (AvgIpc) is 2.26. The van der Waals surface area contributed by atoms with Crippen LogP contribution >= 0.6 is 0 Å². The van der Waals surface area contributed by atoms with Crippen molar-refractivity contribution in [2.24, 2.45) is 0 Å². The Labute approximate surface area is 95.3 Å². The van der Waals surface area contributed by atoms with Gasteiger partial charge in [0, 0.05) is 13.7 Å². The van der Waals surface area contributed by atoms with Crippen molar-refractivity contribution < 1.29 is 9.47 Å². The second-order valence-electron chi connectivity index (χ2n) is 4.15. The molecule has 0 radical (unpaired) electrons. The van der Waals surface area contributed by atoms with Gasteiger partial charge in [-0.15, -0.1) is 0 Å². The van der Waals surface area contributed by atoms with E-state index in [0.717, 1.165) is 6.61 Å². The lowest BCUT2D eigenvalue weighted by atomic mass is 10.1. The quantitative estimate of drug-likeness (QED) is 0.382. The number of methoxy groups -OCH3 is 1. The summed E-state index contributed by atoms with van der Waals surface area (Å²) in [7, 11) is 1.68. The molecule has 0 spiro atoms. The molecule has 0 amide bonds. The van der Waals surface area contributed by atoms with Crippen molar-refractivity contribution in [3.63, 3.8) is 0 Å². The van der Waals surface area contributed by atoms with E-state index in [1.165, 1.54) is 51.4 Å². The Balaban J connectivity index is 2.92. The van der Waals surface area contributed by atoms with Gasteiger partial charge in [0.2, 0.25) is 0 Å². The first-order valence-electron chi connectivity index (χ1n) is 6.45. The zero-order chi connectivity index (χ0) is 11.4. The summed E-state index contributed by atoms with van der Waals surface area (Å²) >= 11 is 0. The predicted octanol–water partition coefficient (Wildman–Crippen LogP) is 4.14. The molecule has 0 rings (SSSR count). The first-order chi connectivity index (χ1) is 7.31. The zero-order valence-electron chi connectivity index (χ0n) is 10.8. The van der Waals surface area contributed by atoms with Crippen LogP contribution in [0.2, 0.25) is 0 Å². The van der Waals surface area contributed by atoms with Crippen molar-refractivity contribution in [3.05, 3.63) is 0 Å². The van der Waals surface area contributed by atoms with Gasteiger partial charge in [-0.3, -0.25) is 0 Å². The second-order valence-corrected chi connectivity index (χ2v) is 4.15. The highest BCUT2D eigenvalue weighted by Gasteiger charge is 1.97. The van der Waals surface area contributed by atoms with E-state index in [-0.39, 0.29) is 6.29 Å². The fourth-order valence-electron chi connectivity index (χ4n) is 1.55. The van der Waals surface area contributed by atoms with E-state index < -0.39 is 0 Å². The summed E-state index contributed by atoms with van der Waals surface area (Å²) in [5.74, 6) is 0. The van der Waals surface area contributed by atoms with E-state index in [1.807, 2.05) is 6.92 Å². The third kappa shape index (κ3) is 11.8. The fraction of sp³-hybridized carbons (Fsp3) is 1.00. The molecule has 0 saturated carbocycles. The van der Waals surface area contributed by atoms with Crippen LogP contribution in [0.1, 0.15) is 65.2 Å². The highest BCUT2D eigenvalue weighted by molar-refractivity contribution is 4.45. The van der Waals surface area contributed by atoms with Crippen molar-refractivity contribution >= 4 is 0 Å². The van der Waals surface area contributed by atoms with Crippen LogP contribution in [0.3, 0.4) is 0 Å². The third-order valence-corrected chi connectivity index (χ3v) is 2.68. The Kier molecular flexibility index (Phi) is 11.9. The second kappa shape index (κ2) is 12.0. The first-order valence-corrected chi connectivity index (χ1v) is 6.45. The van der Waals surface area contributed by atoms with E-state index in [2.05, 4.69) is 6.92 Å². The van der Waals surface area contributed by atoms with Gasteiger partial charge in [0.15, 0.2) is 6.29 Å². The van der Waals surface area contributed by atoms with Crippen LogP contribution in [-0.4, -0.2) is 20.0 Å². The van der Waals surface area contributed by atoms with Gasteiger partial charge in [-0.25, -0.2) is 0 Å². The highest BCUT2D eigenvalue weighted by atomic mass is 16.7. The summed E-state index contributed by atoms with van der Waals surface area (Å²) in [6.45, 7) is 5.03. The van der Waals surface area contributed by atoms with Crippen LogP contribution in [-0.2, 0) is 9.47 Å². The summed E-state index contributed by atoms with van der Waals surface area (Å²) in [4.78, 5) is 0. The molecule has 0 heterocycles. The Hall–Kier alpha value is -0.0800. The maximum atomic E-state index is 5.41. The van der Waals surface area contributed by atoms with Crippen LogP contribution in [0, 0.1) is 0 Å². The molecule has 0 saturated heterocycles. The van der Waals surface area contributed by atoms with Crippen molar-refractivity contribution in [3.8, 4) is 0 Å². The Morgan fingerprint density at radius 1 is 0.867 bits per heavy atom. The number of hydrogen-bond donors (Lipinski definition) is 0. The lowest BCUT2D eigenvalue weighted by Gasteiger charge is -2.10. The Morgan fingerprint density at radius 3 is 1.93 bits per heavy atom. The molecule has 0 aliphatic carbocycles. The van der Waals surface area contributed by atoms with E-state index in [9.17, 15) is 0 Å². The smallest absolute Gasteiger partial charge is 0.154 e. The van der Waals surface area contributed by atoms with Gasteiger partial charge in [-0.2, -0.15) is 0 Å². The van der Waals surface area contributed by atoms with Crippen LogP contribution in [0.5, 0.6) is 0 Å². The largest absolute Gasteiger partial charge is 0.356 e. The maximum absolute atomic E-state index is 5.41. The maximum Gasteiger partial charge on any atom is 0.154 e. The molecule has 0 aromatic rings. The van der Waals surface area contributed by atoms with Crippen molar-refractivity contribution in [1.82, 2.24) is 0 Å². The van der Waals surface area contributed by atoms with Crippen LogP contribution < -0.4 is 0 Å². The molecule has 1 atom stereocenters. The Bertz CT molecular complexity index is 115. The molecule has 0 aromatic heterocycles. The molecule has 1 unspecified atom stereocenters. The molecule has 15 heavy (non-hydrogen) atoms. The topological polar surface area (TPSA) is 18.5 Å². The monoisotopic (exact) mass is 216 g/mol. The molecule has 0 bridgehead atoms. The number of rotatable bonds is 11. The number of unbranched alkanes of at least 4 members (excludes halogenated alkanes) is 7. The van der Waals surface area contributed by atoms with Crippen LogP contribution in [0.15, 0.2) is 0 Å². The van der Waals surface area contributed by atoms with Gasteiger partial charge < -0.3 is 9.47 Å². The van der Waals surface area contributed by atoms with E-state index >= 15 is 0 Å². The highest BCUT2D eigenvalue weighted by Crippen LogP contribution is 2.08. The molecular formula is C13H28O2. The van der Waals surface area contributed by atoms with Gasteiger partial charge in [0.25, 0.3) is 0 Å². The van der Waals surface area contributed by atoms with Crippen molar-refractivity contribution in [2.45, 2.75) is 71.5 Å². The van der Waals surface area contributed by atoms with Gasteiger partial charge >= 0.3 is 0 Å². The lowest BCUT2D eigenvalue weighted by molar-refractivity contribution is -0.111. The first kappa shape index (κ1) is 14.9. The summed E-state index contributed by atoms with van der Waals surface area (Å²) < 4.78 is 10.4. The minimum absolute atomic E-state index is 0.0467. The molecule has 0 aromatic carbocycles. The summed E-state index contributed by atoms with van der Waals surface area (Å²) in [5, 5.41) is 0. The number of hydrogen-bond acceptors (Lipinski definition) is 2. The zero-order valence-corrected chi connectivity index (χ0v) is 10.8. The van der Waals surface area contributed by atoms with Crippen molar-refractivity contribution in [2.75, 3.05) is 13.7 Å². The van der Waals surface area contributed by atoms with E-state index in [0.29, 0.717) is 0 Å². The normalized spacial score (nSPS) is 13.0. The average molecular weight is 216 g/mol. The van der Waals surface area contributed by atoms with E-state index in [4.69, 9.17) is 9.47 Å². The van der Waals surface area contributed by atoms with Gasteiger partial charge in [-0.1, -0.05) is 51.9 Å². The lowest BCUT2D eigenvalue weighted by Crippen LogP contribution is -2.10. The summed E-state index contributed by atoms with van der Waals surface area (Å²) in [6.07, 6.45) is 10.7. The minimum Gasteiger partial charge on any atom is -0.356 e. The van der Waals surface area contributed by atoms with Crippen LogP contribution in [0.4, 0.5) is 0 Å². The van der Waals surface area contributed by atoms with Crippen LogP contribution in [0.25, 0.3) is 0 Å². The number of ether oxygens (including phenoxy) is 2. The Morgan fingerprint density at radius 2 is 1.40 bits per heavy atom.